The van der Waals surface area contributed by atoms with E-state index in [0.717, 1.165) is 46.8 Å². The number of furan rings is 1. The second-order valence-electron chi connectivity index (χ2n) is 6.12. The van der Waals surface area contributed by atoms with Crippen LogP contribution in [0.1, 0.15) is 42.3 Å². The van der Waals surface area contributed by atoms with Gasteiger partial charge in [0.1, 0.15) is 5.58 Å². The highest BCUT2D eigenvalue weighted by atomic mass is 79.9. The van der Waals surface area contributed by atoms with E-state index in [-0.39, 0.29) is 18.0 Å². The van der Waals surface area contributed by atoms with E-state index < -0.39 is 0 Å². The molecule has 1 aromatic carbocycles. The second kappa shape index (κ2) is 6.05. The predicted octanol–water partition coefficient (Wildman–Crippen LogP) is 3.85. The smallest absolute Gasteiger partial charge is 0.290 e. The third kappa shape index (κ3) is 2.68. The average molecular weight is 365 g/mol. The predicted molar refractivity (Wildman–Crippen MR) is 91.0 cm³/mol. The molecule has 3 rings (SSSR count). The van der Waals surface area contributed by atoms with Gasteiger partial charge in [0.15, 0.2) is 5.76 Å². The number of carbonyl (C=O) groups excluding carboxylic acids is 1. The number of carbonyl (C=O) groups is 1. The maximum atomic E-state index is 13.0. The molecule has 0 saturated carbocycles. The van der Waals surface area contributed by atoms with Crippen LogP contribution in [0, 0.1) is 6.92 Å². The molecule has 2 heterocycles. The summed E-state index contributed by atoms with van der Waals surface area (Å²) in [6, 6.07) is 5.88. The Balaban J connectivity index is 1.99. The van der Waals surface area contributed by atoms with E-state index in [0.29, 0.717) is 5.76 Å². The van der Waals surface area contributed by atoms with Gasteiger partial charge in [0, 0.05) is 34.1 Å². The van der Waals surface area contributed by atoms with Gasteiger partial charge in [0.05, 0.1) is 0 Å². The summed E-state index contributed by atoms with van der Waals surface area (Å²) in [5.41, 5.74) is 7.72. The first-order chi connectivity index (χ1) is 10.5. The molecule has 1 aromatic heterocycles. The van der Waals surface area contributed by atoms with Crippen molar-refractivity contribution >= 4 is 32.8 Å². The Morgan fingerprint density at radius 1 is 1.45 bits per heavy atom. The van der Waals surface area contributed by atoms with Gasteiger partial charge in [-0.15, -0.1) is 0 Å². The van der Waals surface area contributed by atoms with Crippen molar-refractivity contribution in [3.8, 4) is 0 Å². The lowest BCUT2D eigenvalue weighted by molar-refractivity contribution is 0.0553. The van der Waals surface area contributed by atoms with Crippen molar-refractivity contribution in [2.45, 2.75) is 45.2 Å². The van der Waals surface area contributed by atoms with E-state index in [1.807, 2.05) is 36.9 Å². The molecule has 0 spiro atoms. The van der Waals surface area contributed by atoms with Gasteiger partial charge >= 0.3 is 0 Å². The Morgan fingerprint density at radius 2 is 2.23 bits per heavy atom. The molecule has 0 radical (unpaired) electrons. The third-order valence-corrected chi connectivity index (χ3v) is 5.00. The number of fused-ring (bicyclic) bond motifs is 1. The van der Waals surface area contributed by atoms with Crippen molar-refractivity contribution < 1.29 is 9.21 Å². The zero-order valence-electron chi connectivity index (χ0n) is 12.9. The van der Waals surface area contributed by atoms with E-state index in [2.05, 4.69) is 15.9 Å². The van der Waals surface area contributed by atoms with Crippen LogP contribution < -0.4 is 5.73 Å². The van der Waals surface area contributed by atoms with Crippen molar-refractivity contribution in [1.29, 1.82) is 0 Å². The topological polar surface area (TPSA) is 59.5 Å². The van der Waals surface area contributed by atoms with Crippen LogP contribution in [-0.2, 0) is 0 Å². The molecule has 2 unspecified atom stereocenters. The average Bonchev–Trinajstić information content (AvgIpc) is 2.83. The SMILES string of the molecule is Cc1c(C(=O)N2CCCCC2C(C)N)oc2ccc(Br)cc12. The summed E-state index contributed by atoms with van der Waals surface area (Å²) in [4.78, 5) is 14.9. The van der Waals surface area contributed by atoms with Crippen LogP contribution in [0.3, 0.4) is 0 Å². The summed E-state index contributed by atoms with van der Waals surface area (Å²) in [5, 5.41) is 0.979. The number of likely N-dealkylation sites (tertiary alicyclic amines) is 1. The first-order valence-corrected chi connectivity index (χ1v) is 8.53. The van der Waals surface area contributed by atoms with E-state index >= 15 is 0 Å². The molecule has 22 heavy (non-hydrogen) atoms. The minimum absolute atomic E-state index is 0.0249. The lowest BCUT2D eigenvalue weighted by Gasteiger charge is -2.37. The molecule has 1 aliphatic heterocycles. The molecule has 1 amide bonds. The molecule has 1 fully saturated rings. The molecule has 5 heteroatoms. The van der Waals surface area contributed by atoms with Crippen LogP contribution in [-0.4, -0.2) is 29.4 Å². The summed E-state index contributed by atoms with van der Waals surface area (Å²) in [7, 11) is 0. The van der Waals surface area contributed by atoms with Crippen LogP contribution in [0.15, 0.2) is 27.1 Å². The summed E-state index contributed by atoms with van der Waals surface area (Å²) in [6.45, 7) is 4.67. The Labute approximate surface area is 138 Å². The molecule has 2 aromatic rings. The molecule has 2 atom stereocenters. The van der Waals surface area contributed by atoms with Crippen molar-refractivity contribution in [1.82, 2.24) is 4.90 Å². The lowest BCUT2D eigenvalue weighted by Crippen LogP contribution is -2.51. The number of hydrogen-bond acceptors (Lipinski definition) is 3. The molecular formula is C17H21BrN2O2. The van der Waals surface area contributed by atoms with Crippen molar-refractivity contribution in [2.24, 2.45) is 5.73 Å². The van der Waals surface area contributed by atoms with E-state index in [9.17, 15) is 4.79 Å². The molecule has 0 aliphatic carbocycles. The van der Waals surface area contributed by atoms with Gasteiger partial charge in [-0.1, -0.05) is 15.9 Å². The molecule has 2 N–H and O–H groups in total. The van der Waals surface area contributed by atoms with Crippen molar-refractivity contribution in [3.63, 3.8) is 0 Å². The Kier molecular flexibility index (Phi) is 4.28. The molecule has 0 bridgehead atoms. The quantitative estimate of drug-likeness (QED) is 0.880. The number of rotatable bonds is 2. The van der Waals surface area contributed by atoms with Crippen molar-refractivity contribution in [2.75, 3.05) is 6.54 Å². The van der Waals surface area contributed by atoms with Crippen molar-refractivity contribution in [3.05, 3.63) is 34.0 Å². The number of aryl methyl sites for hydroxylation is 1. The van der Waals surface area contributed by atoms with Crippen LogP contribution >= 0.6 is 15.9 Å². The van der Waals surface area contributed by atoms with Crippen LogP contribution in [0.5, 0.6) is 0 Å². The summed E-state index contributed by atoms with van der Waals surface area (Å²) >= 11 is 3.46. The van der Waals surface area contributed by atoms with Gasteiger partial charge in [0.25, 0.3) is 5.91 Å². The maximum absolute atomic E-state index is 13.0. The van der Waals surface area contributed by atoms with E-state index in [1.54, 1.807) is 0 Å². The normalized spacial score (nSPS) is 20.4. The van der Waals surface area contributed by atoms with Gasteiger partial charge in [-0.3, -0.25) is 4.79 Å². The molecule has 4 nitrogen and oxygen atoms in total. The van der Waals surface area contributed by atoms with Crippen LogP contribution in [0.4, 0.5) is 0 Å². The Hall–Kier alpha value is -1.33. The highest BCUT2D eigenvalue weighted by Gasteiger charge is 2.32. The lowest BCUT2D eigenvalue weighted by atomic mass is 9.96. The fraction of sp³-hybridized carbons (Fsp3) is 0.471. The molecule has 118 valence electrons. The van der Waals surface area contributed by atoms with Gasteiger partial charge in [0.2, 0.25) is 0 Å². The highest BCUT2D eigenvalue weighted by Crippen LogP contribution is 2.30. The fourth-order valence-corrected chi connectivity index (χ4v) is 3.64. The van der Waals surface area contributed by atoms with E-state index in [1.165, 1.54) is 0 Å². The number of amides is 1. The number of benzene rings is 1. The summed E-state index contributed by atoms with van der Waals surface area (Å²) in [6.07, 6.45) is 3.12. The number of nitrogens with zero attached hydrogens (tertiary/aromatic N) is 1. The van der Waals surface area contributed by atoms with Crippen LogP contribution in [0.25, 0.3) is 11.0 Å². The van der Waals surface area contributed by atoms with Crippen LogP contribution in [0.2, 0.25) is 0 Å². The van der Waals surface area contributed by atoms with Gasteiger partial charge < -0.3 is 15.1 Å². The van der Waals surface area contributed by atoms with E-state index in [4.69, 9.17) is 10.2 Å². The first kappa shape index (κ1) is 15.6. The third-order valence-electron chi connectivity index (χ3n) is 4.51. The second-order valence-corrected chi connectivity index (χ2v) is 7.03. The molecule has 1 saturated heterocycles. The largest absolute Gasteiger partial charge is 0.451 e. The summed E-state index contributed by atoms with van der Waals surface area (Å²) < 4.78 is 6.82. The minimum atomic E-state index is -0.0353. The fourth-order valence-electron chi connectivity index (χ4n) is 3.28. The standard InChI is InChI=1S/C17H21BrN2O2/c1-10-13-9-12(18)6-7-15(13)22-16(10)17(21)20-8-4-3-5-14(20)11(2)19/h6-7,9,11,14H,3-5,8,19H2,1-2H3. The summed E-state index contributed by atoms with van der Waals surface area (Å²) in [5.74, 6) is 0.410. The van der Waals surface area contributed by atoms with Gasteiger partial charge in [-0.2, -0.15) is 0 Å². The number of nitrogens with two attached hydrogens (primary N) is 1. The Bertz CT molecular complexity index is 708. The monoisotopic (exact) mass is 364 g/mol. The van der Waals surface area contributed by atoms with Gasteiger partial charge in [-0.05, 0) is 51.3 Å². The minimum Gasteiger partial charge on any atom is -0.451 e. The first-order valence-electron chi connectivity index (χ1n) is 7.74. The number of piperidine rings is 1. The number of hydrogen-bond donors (Lipinski definition) is 1. The highest BCUT2D eigenvalue weighted by molar-refractivity contribution is 9.10. The molecular weight excluding hydrogens is 344 g/mol. The Morgan fingerprint density at radius 3 is 2.95 bits per heavy atom. The molecule has 1 aliphatic rings. The number of halogens is 1. The zero-order chi connectivity index (χ0) is 15.9. The van der Waals surface area contributed by atoms with Gasteiger partial charge in [-0.25, -0.2) is 0 Å². The zero-order valence-corrected chi connectivity index (χ0v) is 14.5. The maximum Gasteiger partial charge on any atom is 0.290 e.